The first-order valence-electron chi connectivity index (χ1n) is 7.80. The molecular weight excluding hydrogens is 304 g/mol. The van der Waals surface area contributed by atoms with Crippen molar-refractivity contribution in [2.75, 3.05) is 10.6 Å². The van der Waals surface area contributed by atoms with E-state index in [9.17, 15) is 4.79 Å². The third-order valence-electron chi connectivity index (χ3n) is 3.76. The van der Waals surface area contributed by atoms with Gasteiger partial charge in [-0.3, -0.25) is 4.79 Å². The van der Waals surface area contributed by atoms with Crippen LogP contribution in [0.1, 0.15) is 12.8 Å². The van der Waals surface area contributed by atoms with Crippen molar-refractivity contribution in [1.29, 1.82) is 0 Å². The third-order valence-corrected chi connectivity index (χ3v) is 3.76. The van der Waals surface area contributed by atoms with Crippen LogP contribution in [0.5, 0.6) is 0 Å². The molecule has 2 N–H and O–H groups in total. The largest absolute Gasteiger partial charge is 0.339 e. The summed E-state index contributed by atoms with van der Waals surface area (Å²) in [6.07, 6.45) is 5.50. The lowest BCUT2D eigenvalue weighted by Crippen LogP contribution is -2.13. The number of rotatable bonds is 5. The number of hydrogen-bond donors (Lipinski definition) is 2. The zero-order chi connectivity index (χ0) is 16.4. The number of nitrogens with zero attached hydrogens (tertiary/aromatic N) is 4. The number of carbonyl (C=O) groups is 1. The Balaban J connectivity index is 1.40. The minimum absolute atomic E-state index is 0.107. The van der Waals surface area contributed by atoms with Gasteiger partial charge in [0.25, 0.3) is 0 Å². The Morgan fingerprint density at radius 3 is 2.46 bits per heavy atom. The van der Waals surface area contributed by atoms with Crippen molar-refractivity contribution in [2.45, 2.75) is 12.8 Å². The highest BCUT2D eigenvalue weighted by molar-refractivity contribution is 5.94. The van der Waals surface area contributed by atoms with E-state index in [1.54, 1.807) is 10.9 Å². The zero-order valence-electron chi connectivity index (χ0n) is 12.9. The summed E-state index contributed by atoms with van der Waals surface area (Å²) >= 11 is 0. The quantitative estimate of drug-likeness (QED) is 0.755. The molecule has 0 radical (unpaired) electrons. The molecule has 0 atom stereocenters. The monoisotopic (exact) mass is 320 g/mol. The number of hydrogen-bond acceptors (Lipinski definition) is 5. The van der Waals surface area contributed by atoms with E-state index in [-0.39, 0.29) is 11.8 Å². The molecule has 2 heterocycles. The Morgan fingerprint density at radius 1 is 1.04 bits per heavy atom. The molecule has 0 bridgehead atoms. The number of carbonyl (C=O) groups excluding carboxylic acids is 1. The smallest absolute Gasteiger partial charge is 0.227 e. The van der Waals surface area contributed by atoms with E-state index >= 15 is 0 Å². The summed E-state index contributed by atoms with van der Waals surface area (Å²) in [5, 5.41) is 18.5. The Hall–Kier alpha value is -3.22. The van der Waals surface area contributed by atoms with Crippen LogP contribution < -0.4 is 10.6 Å². The van der Waals surface area contributed by atoms with Crippen molar-refractivity contribution in [3.8, 4) is 5.82 Å². The van der Waals surface area contributed by atoms with Crippen LogP contribution in [0.3, 0.4) is 0 Å². The summed E-state index contributed by atoms with van der Waals surface area (Å²) in [5.74, 6) is 1.60. The number of aromatic nitrogens is 4. The lowest BCUT2D eigenvalue weighted by Gasteiger charge is -2.08. The molecule has 24 heavy (non-hydrogen) atoms. The van der Waals surface area contributed by atoms with Gasteiger partial charge in [-0.25, -0.2) is 4.68 Å². The molecule has 4 rings (SSSR count). The molecule has 1 aromatic carbocycles. The second-order valence-electron chi connectivity index (χ2n) is 5.69. The normalized spacial score (nSPS) is 13.5. The molecule has 0 saturated heterocycles. The fourth-order valence-corrected chi connectivity index (χ4v) is 2.29. The van der Waals surface area contributed by atoms with Gasteiger partial charge in [0.2, 0.25) is 5.91 Å². The van der Waals surface area contributed by atoms with Crippen LogP contribution >= 0.6 is 0 Å². The molecule has 1 aliphatic carbocycles. The van der Waals surface area contributed by atoms with Crippen LogP contribution in [0.4, 0.5) is 17.2 Å². The predicted octanol–water partition coefficient (Wildman–Crippen LogP) is 2.75. The van der Waals surface area contributed by atoms with Crippen molar-refractivity contribution in [3.63, 3.8) is 0 Å². The second kappa shape index (κ2) is 6.11. The average molecular weight is 320 g/mol. The number of anilines is 3. The Bertz CT molecular complexity index is 823. The molecular formula is C17H16N6O. The highest BCUT2D eigenvalue weighted by Crippen LogP contribution is 2.30. The van der Waals surface area contributed by atoms with Crippen LogP contribution in [-0.2, 0) is 4.79 Å². The molecule has 1 amide bonds. The van der Waals surface area contributed by atoms with Crippen molar-refractivity contribution in [3.05, 3.63) is 54.9 Å². The zero-order valence-corrected chi connectivity index (χ0v) is 12.9. The third kappa shape index (κ3) is 3.24. The van der Waals surface area contributed by atoms with Gasteiger partial charge in [-0.05, 0) is 55.3 Å². The Morgan fingerprint density at radius 2 is 1.83 bits per heavy atom. The summed E-state index contributed by atoms with van der Waals surface area (Å²) in [5.41, 5.74) is 1.68. The maximum atomic E-state index is 11.7. The van der Waals surface area contributed by atoms with E-state index in [4.69, 9.17) is 0 Å². The summed E-state index contributed by atoms with van der Waals surface area (Å²) in [6.45, 7) is 0. The summed E-state index contributed by atoms with van der Waals surface area (Å²) in [6, 6.07) is 13.0. The van der Waals surface area contributed by atoms with Crippen LogP contribution in [-0.4, -0.2) is 25.9 Å². The molecule has 1 aliphatic rings. The van der Waals surface area contributed by atoms with Gasteiger partial charge in [-0.15, -0.1) is 10.2 Å². The second-order valence-corrected chi connectivity index (χ2v) is 5.69. The number of benzene rings is 1. The summed E-state index contributed by atoms with van der Waals surface area (Å²) in [7, 11) is 0. The first-order chi connectivity index (χ1) is 11.8. The Kier molecular flexibility index (Phi) is 3.66. The Labute approximate surface area is 138 Å². The van der Waals surface area contributed by atoms with Crippen LogP contribution in [0.15, 0.2) is 54.9 Å². The molecule has 7 heteroatoms. The molecule has 2 aromatic heterocycles. The van der Waals surface area contributed by atoms with Crippen molar-refractivity contribution >= 4 is 23.1 Å². The predicted molar refractivity (Wildman–Crippen MR) is 90.2 cm³/mol. The van der Waals surface area contributed by atoms with Gasteiger partial charge in [-0.2, -0.15) is 5.10 Å². The molecule has 1 fully saturated rings. The SMILES string of the molecule is O=C(Nc1ccc(Nc2ccc(-n3cccn3)nn2)cc1)C1CC1. The van der Waals surface area contributed by atoms with Gasteiger partial charge >= 0.3 is 0 Å². The summed E-state index contributed by atoms with van der Waals surface area (Å²) < 4.78 is 1.65. The van der Waals surface area contributed by atoms with Gasteiger partial charge in [0.05, 0.1) is 0 Å². The minimum atomic E-state index is 0.107. The van der Waals surface area contributed by atoms with E-state index in [1.807, 2.05) is 48.7 Å². The first-order valence-corrected chi connectivity index (χ1v) is 7.80. The highest BCUT2D eigenvalue weighted by Gasteiger charge is 2.29. The van der Waals surface area contributed by atoms with E-state index in [2.05, 4.69) is 25.9 Å². The van der Waals surface area contributed by atoms with Gasteiger partial charge in [-0.1, -0.05) is 0 Å². The molecule has 0 unspecified atom stereocenters. The average Bonchev–Trinajstić information content (AvgIpc) is 3.32. The highest BCUT2D eigenvalue weighted by atomic mass is 16.2. The molecule has 1 saturated carbocycles. The van der Waals surface area contributed by atoms with E-state index in [0.717, 1.165) is 24.2 Å². The van der Waals surface area contributed by atoms with Crippen LogP contribution in [0.25, 0.3) is 5.82 Å². The topological polar surface area (TPSA) is 84.7 Å². The number of amides is 1. The molecule has 3 aromatic rings. The van der Waals surface area contributed by atoms with E-state index in [0.29, 0.717) is 11.6 Å². The first kappa shape index (κ1) is 14.4. The van der Waals surface area contributed by atoms with Crippen LogP contribution in [0, 0.1) is 5.92 Å². The van der Waals surface area contributed by atoms with Crippen molar-refractivity contribution < 1.29 is 4.79 Å². The lowest BCUT2D eigenvalue weighted by atomic mass is 10.2. The summed E-state index contributed by atoms with van der Waals surface area (Å²) in [4.78, 5) is 11.7. The number of nitrogens with one attached hydrogen (secondary N) is 2. The van der Waals surface area contributed by atoms with Crippen molar-refractivity contribution in [2.24, 2.45) is 5.92 Å². The van der Waals surface area contributed by atoms with Gasteiger partial charge in [0.1, 0.15) is 0 Å². The maximum absolute atomic E-state index is 11.7. The fraction of sp³-hybridized carbons (Fsp3) is 0.176. The maximum Gasteiger partial charge on any atom is 0.227 e. The molecule has 0 aliphatic heterocycles. The lowest BCUT2D eigenvalue weighted by molar-refractivity contribution is -0.117. The van der Waals surface area contributed by atoms with E-state index < -0.39 is 0 Å². The van der Waals surface area contributed by atoms with Gasteiger partial charge in [0.15, 0.2) is 11.6 Å². The molecule has 0 spiro atoms. The van der Waals surface area contributed by atoms with Crippen molar-refractivity contribution in [1.82, 2.24) is 20.0 Å². The van der Waals surface area contributed by atoms with Gasteiger partial charge in [0, 0.05) is 29.7 Å². The van der Waals surface area contributed by atoms with Gasteiger partial charge < -0.3 is 10.6 Å². The minimum Gasteiger partial charge on any atom is -0.339 e. The fourth-order valence-electron chi connectivity index (χ4n) is 2.29. The molecule has 7 nitrogen and oxygen atoms in total. The standard InChI is InChI=1S/C17H16N6O/c24-17(12-2-3-12)20-14-6-4-13(5-7-14)19-15-8-9-16(22-21-15)23-11-1-10-18-23/h1,4-12H,2-3H2,(H,19,21)(H,20,24). The molecule has 120 valence electrons. The van der Waals surface area contributed by atoms with Crippen LogP contribution in [0.2, 0.25) is 0 Å². The van der Waals surface area contributed by atoms with E-state index in [1.165, 1.54) is 0 Å².